The van der Waals surface area contributed by atoms with Crippen molar-refractivity contribution in [3.8, 4) is 0 Å². The first-order valence-electron chi connectivity index (χ1n) is 10.4. The van der Waals surface area contributed by atoms with E-state index in [0.29, 0.717) is 11.1 Å². The summed E-state index contributed by atoms with van der Waals surface area (Å²) in [5, 5.41) is 0.957. The van der Waals surface area contributed by atoms with E-state index >= 15 is 0 Å². The number of hydrogen-bond donors (Lipinski definition) is 1. The summed E-state index contributed by atoms with van der Waals surface area (Å²) in [5.41, 5.74) is 6.78. The monoisotopic (exact) mass is 410 g/mol. The van der Waals surface area contributed by atoms with Crippen molar-refractivity contribution in [2.24, 2.45) is 0 Å². The third-order valence-corrected chi connectivity index (χ3v) is 5.89. The van der Waals surface area contributed by atoms with Crippen LogP contribution in [0.1, 0.15) is 38.2 Å². The van der Waals surface area contributed by atoms with Crippen molar-refractivity contribution in [3.05, 3.63) is 110 Å². The molecule has 0 spiro atoms. The standard InChI is InChI=1S/C27H26N2O2/c1-17-12-13-24-21(14-17)15-22(26(30)28-24)16-29(25-11-7-9-18(2)20(25)4)27(31)23-10-6-5-8-19(23)3/h5-15H,16H2,1-4H3,(H,28,30). The zero-order valence-electron chi connectivity index (χ0n) is 18.3. The Morgan fingerprint density at radius 1 is 0.871 bits per heavy atom. The Labute approximate surface area is 182 Å². The first-order chi connectivity index (χ1) is 14.8. The molecule has 4 aromatic rings. The highest BCUT2D eigenvalue weighted by atomic mass is 16.2. The number of aromatic nitrogens is 1. The molecule has 0 saturated heterocycles. The summed E-state index contributed by atoms with van der Waals surface area (Å²) >= 11 is 0. The van der Waals surface area contributed by atoms with Crippen LogP contribution in [0, 0.1) is 27.7 Å². The van der Waals surface area contributed by atoms with Gasteiger partial charge in [0.15, 0.2) is 0 Å². The van der Waals surface area contributed by atoms with Crippen LogP contribution in [0.15, 0.2) is 71.5 Å². The highest BCUT2D eigenvalue weighted by Gasteiger charge is 2.22. The number of fused-ring (bicyclic) bond motifs is 1. The number of carbonyl (C=O) groups excluding carboxylic acids is 1. The third-order valence-electron chi connectivity index (χ3n) is 5.89. The molecule has 1 heterocycles. The van der Waals surface area contributed by atoms with E-state index in [1.54, 1.807) is 4.90 Å². The molecule has 156 valence electrons. The quantitative estimate of drug-likeness (QED) is 0.475. The Hall–Kier alpha value is -3.66. The van der Waals surface area contributed by atoms with E-state index in [-0.39, 0.29) is 18.0 Å². The van der Waals surface area contributed by atoms with E-state index in [1.807, 2.05) is 94.4 Å². The summed E-state index contributed by atoms with van der Waals surface area (Å²) in [6.45, 7) is 8.18. The van der Waals surface area contributed by atoms with Gasteiger partial charge in [0.25, 0.3) is 11.5 Å². The summed E-state index contributed by atoms with van der Waals surface area (Å²) in [6.07, 6.45) is 0. The van der Waals surface area contributed by atoms with Gasteiger partial charge in [0.2, 0.25) is 0 Å². The average Bonchev–Trinajstić information content (AvgIpc) is 2.74. The van der Waals surface area contributed by atoms with Crippen LogP contribution < -0.4 is 10.5 Å². The van der Waals surface area contributed by atoms with E-state index in [2.05, 4.69) is 4.98 Å². The molecule has 0 aliphatic rings. The highest BCUT2D eigenvalue weighted by Crippen LogP contribution is 2.27. The average molecular weight is 411 g/mol. The predicted molar refractivity (Wildman–Crippen MR) is 127 cm³/mol. The number of carbonyl (C=O) groups is 1. The molecule has 0 aliphatic heterocycles. The van der Waals surface area contributed by atoms with Crippen LogP contribution in [0.5, 0.6) is 0 Å². The van der Waals surface area contributed by atoms with Crippen molar-refractivity contribution in [2.45, 2.75) is 34.2 Å². The molecular weight excluding hydrogens is 384 g/mol. The molecule has 31 heavy (non-hydrogen) atoms. The number of hydrogen-bond acceptors (Lipinski definition) is 2. The summed E-state index contributed by atoms with van der Waals surface area (Å²) in [7, 11) is 0. The number of aryl methyl sites for hydroxylation is 3. The van der Waals surface area contributed by atoms with Gasteiger partial charge < -0.3 is 9.88 Å². The number of H-pyrrole nitrogens is 1. The number of nitrogens with one attached hydrogen (secondary N) is 1. The second-order valence-electron chi connectivity index (χ2n) is 8.14. The first-order valence-corrected chi connectivity index (χ1v) is 10.4. The molecule has 3 aromatic carbocycles. The van der Waals surface area contributed by atoms with Gasteiger partial charge in [0.05, 0.1) is 6.54 Å². The Morgan fingerprint density at radius 3 is 2.39 bits per heavy atom. The van der Waals surface area contributed by atoms with E-state index in [0.717, 1.165) is 38.8 Å². The fourth-order valence-corrected chi connectivity index (χ4v) is 3.91. The summed E-state index contributed by atoms with van der Waals surface area (Å²) in [4.78, 5) is 31.2. The van der Waals surface area contributed by atoms with Gasteiger partial charge in [-0.3, -0.25) is 9.59 Å². The molecule has 0 bridgehead atoms. The van der Waals surface area contributed by atoms with Crippen molar-refractivity contribution in [3.63, 3.8) is 0 Å². The van der Waals surface area contributed by atoms with E-state index in [4.69, 9.17) is 0 Å². The van der Waals surface area contributed by atoms with Crippen LogP contribution in [0.4, 0.5) is 5.69 Å². The van der Waals surface area contributed by atoms with Crippen LogP contribution in [-0.4, -0.2) is 10.9 Å². The molecule has 4 nitrogen and oxygen atoms in total. The Bertz CT molecular complexity index is 1350. The number of aromatic amines is 1. The van der Waals surface area contributed by atoms with Gasteiger partial charge in [-0.1, -0.05) is 42.0 Å². The molecule has 0 fully saturated rings. The summed E-state index contributed by atoms with van der Waals surface area (Å²) in [6, 6.07) is 21.3. The number of amides is 1. The molecule has 0 unspecified atom stereocenters. The largest absolute Gasteiger partial charge is 0.322 e. The fraction of sp³-hybridized carbons (Fsp3) is 0.185. The van der Waals surface area contributed by atoms with Crippen LogP contribution in [0.3, 0.4) is 0 Å². The Morgan fingerprint density at radius 2 is 1.61 bits per heavy atom. The lowest BCUT2D eigenvalue weighted by atomic mass is 10.0. The molecule has 4 rings (SSSR count). The zero-order valence-corrected chi connectivity index (χ0v) is 18.3. The van der Waals surface area contributed by atoms with Crippen molar-refractivity contribution in [1.29, 1.82) is 0 Å². The maximum Gasteiger partial charge on any atom is 0.258 e. The van der Waals surface area contributed by atoms with E-state index in [1.165, 1.54) is 0 Å². The molecule has 0 saturated carbocycles. The van der Waals surface area contributed by atoms with Gasteiger partial charge >= 0.3 is 0 Å². The van der Waals surface area contributed by atoms with Gasteiger partial charge in [-0.15, -0.1) is 0 Å². The Kier molecular flexibility index (Phi) is 5.47. The van der Waals surface area contributed by atoms with Gasteiger partial charge in [0, 0.05) is 22.3 Å². The minimum Gasteiger partial charge on any atom is -0.322 e. The molecule has 0 aliphatic carbocycles. The van der Waals surface area contributed by atoms with Crippen LogP contribution in [-0.2, 0) is 6.54 Å². The van der Waals surface area contributed by atoms with Gasteiger partial charge in [-0.2, -0.15) is 0 Å². The van der Waals surface area contributed by atoms with E-state index in [9.17, 15) is 9.59 Å². The van der Waals surface area contributed by atoms with Gasteiger partial charge in [-0.25, -0.2) is 0 Å². The number of anilines is 1. The third kappa shape index (κ3) is 4.02. The van der Waals surface area contributed by atoms with Gasteiger partial charge in [0.1, 0.15) is 0 Å². The SMILES string of the molecule is Cc1ccc2[nH]c(=O)c(CN(C(=O)c3ccccc3C)c3cccc(C)c3C)cc2c1. The normalized spacial score (nSPS) is 11.0. The number of benzene rings is 3. The maximum absolute atomic E-state index is 13.7. The molecular formula is C27H26N2O2. The molecule has 1 amide bonds. The lowest BCUT2D eigenvalue weighted by molar-refractivity contribution is 0.0984. The number of pyridine rings is 1. The molecule has 1 aromatic heterocycles. The summed E-state index contributed by atoms with van der Waals surface area (Å²) < 4.78 is 0. The zero-order chi connectivity index (χ0) is 22.1. The van der Waals surface area contributed by atoms with Crippen LogP contribution in [0.25, 0.3) is 10.9 Å². The van der Waals surface area contributed by atoms with Crippen LogP contribution >= 0.6 is 0 Å². The van der Waals surface area contributed by atoms with Gasteiger partial charge in [-0.05, 0) is 80.1 Å². The Balaban J connectivity index is 1.85. The number of nitrogens with zero attached hydrogens (tertiary/aromatic N) is 1. The number of rotatable bonds is 4. The fourth-order valence-electron chi connectivity index (χ4n) is 3.91. The lowest BCUT2D eigenvalue weighted by Crippen LogP contribution is -2.34. The second-order valence-corrected chi connectivity index (χ2v) is 8.14. The summed E-state index contributed by atoms with van der Waals surface area (Å²) in [5.74, 6) is -0.115. The molecule has 0 radical (unpaired) electrons. The van der Waals surface area contributed by atoms with Crippen molar-refractivity contribution >= 4 is 22.5 Å². The smallest absolute Gasteiger partial charge is 0.258 e. The topological polar surface area (TPSA) is 53.2 Å². The predicted octanol–water partition coefficient (Wildman–Crippen LogP) is 5.61. The molecule has 1 N–H and O–H groups in total. The first kappa shape index (κ1) is 20.6. The van der Waals surface area contributed by atoms with E-state index < -0.39 is 0 Å². The molecule has 0 atom stereocenters. The minimum atomic E-state index is -0.177. The van der Waals surface area contributed by atoms with Crippen molar-refractivity contribution in [2.75, 3.05) is 4.90 Å². The lowest BCUT2D eigenvalue weighted by Gasteiger charge is -2.26. The minimum absolute atomic E-state index is 0.115. The van der Waals surface area contributed by atoms with Crippen molar-refractivity contribution in [1.82, 2.24) is 4.98 Å². The van der Waals surface area contributed by atoms with Crippen LogP contribution in [0.2, 0.25) is 0 Å². The highest BCUT2D eigenvalue weighted by molar-refractivity contribution is 6.07. The molecule has 4 heteroatoms. The maximum atomic E-state index is 13.7. The second kappa shape index (κ2) is 8.23. The van der Waals surface area contributed by atoms with Crippen molar-refractivity contribution < 1.29 is 4.79 Å².